The van der Waals surface area contributed by atoms with E-state index in [-0.39, 0.29) is 17.7 Å². The Bertz CT molecular complexity index is 362. The smallest absolute Gasteiger partial charge is 0.225 e. The second-order valence-corrected chi connectivity index (χ2v) is 7.74. The summed E-state index contributed by atoms with van der Waals surface area (Å²) in [5.74, 6) is 1.56. The minimum atomic E-state index is -0.437. The van der Waals surface area contributed by atoms with Gasteiger partial charge in [0, 0.05) is 6.04 Å². The van der Waals surface area contributed by atoms with Gasteiger partial charge in [-0.05, 0) is 43.4 Å². The van der Waals surface area contributed by atoms with Crippen LogP contribution >= 0.6 is 0 Å². The fraction of sp³-hybridized carbons (Fsp3) is 0.944. The van der Waals surface area contributed by atoms with Crippen LogP contribution in [0, 0.1) is 23.7 Å². The number of aliphatic hydroxyl groups excluding tert-OH is 1. The fourth-order valence-electron chi connectivity index (χ4n) is 5.12. The van der Waals surface area contributed by atoms with Crippen LogP contribution in [0.1, 0.15) is 71.1 Å². The van der Waals surface area contributed by atoms with Gasteiger partial charge >= 0.3 is 0 Å². The predicted octanol–water partition coefficient (Wildman–Crippen LogP) is 3.26. The molecular formula is C18H31NO2. The monoisotopic (exact) mass is 293 g/mol. The first-order chi connectivity index (χ1) is 10.2. The Labute approximate surface area is 128 Å². The van der Waals surface area contributed by atoms with Crippen LogP contribution in [0.3, 0.4) is 0 Å². The maximum atomic E-state index is 12.6. The molecular weight excluding hydrogens is 262 g/mol. The van der Waals surface area contributed by atoms with Crippen molar-refractivity contribution >= 4 is 5.91 Å². The van der Waals surface area contributed by atoms with Gasteiger partial charge in [0.25, 0.3) is 0 Å². The van der Waals surface area contributed by atoms with Gasteiger partial charge in [-0.3, -0.25) is 4.79 Å². The number of amides is 1. The van der Waals surface area contributed by atoms with E-state index in [0.717, 1.165) is 19.3 Å². The second kappa shape index (κ2) is 6.68. The Balaban J connectivity index is 1.62. The molecule has 0 spiro atoms. The average Bonchev–Trinajstić information content (AvgIpc) is 2.52. The van der Waals surface area contributed by atoms with Crippen molar-refractivity contribution in [2.45, 2.75) is 83.3 Å². The Kier molecular flexibility index (Phi) is 4.88. The zero-order valence-corrected chi connectivity index (χ0v) is 13.4. The van der Waals surface area contributed by atoms with E-state index in [4.69, 9.17) is 0 Å². The molecule has 3 rings (SSSR count). The minimum absolute atomic E-state index is 0.130. The zero-order chi connectivity index (χ0) is 14.8. The fourth-order valence-corrected chi connectivity index (χ4v) is 5.12. The number of aliphatic hydroxyl groups is 1. The lowest BCUT2D eigenvalue weighted by atomic mass is 9.61. The summed E-state index contributed by atoms with van der Waals surface area (Å²) < 4.78 is 0. The molecule has 0 heterocycles. The van der Waals surface area contributed by atoms with Crippen LogP contribution in [0.5, 0.6) is 0 Å². The lowest BCUT2D eigenvalue weighted by molar-refractivity contribution is -0.138. The van der Waals surface area contributed by atoms with Crippen LogP contribution in [0.15, 0.2) is 0 Å². The molecule has 0 aromatic rings. The van der Waals surface area contributed by atoms with Crippen molar-refractivity contribution in [1.82, 2.24) is 5.32 Å². The molecule has 0 saturated heterocycles. The lowest BCUT2D eigenvalue weighted by Crippen LogP contribution is -2.51. The first-order valence-electron chi connectivity index (χ1n) is 9.15. The van der Waals surface area contributed by atoms with E-state index in [0.29, 0.717) is 17.9 Å². The summed E-state index contributed by atoms with van der Waals surface area (Å²) in [4.78, 5) is 12.6. The van der Waals surface area contributed by atoms with Crippen molar-refractivity contribution in [2.24, 2.45) is 23.7 Å². The van der Waals surface area contributed by atoms with Gasteiger partial charge in [-0.2, -0.15) is 0 Å². The van der Waals surface area contributed by atoms with Gasteiger partial charge < -0.3 is 10.4 Å². The third kappa shape index (κ3) is 3.28. The van der Waals surface area contributed by atoms with E-state index in [9.17, 15) is 9.90 Å². The molecule has 3 aliphatic carbocycles. The highest BCUT2D eigenvalue weighted by molar-refractivity contribution is 5.79. The van der Waals surface area contributed by atoms with Crippen LogP contribution in [-0.4, -0.2) is 23.2 Å². The highest BCUT2D eigenvalue weighted by Crippen LogP contribution is 2.46. The molecule has 21 heavy (non-hydrogen) atoms. The van der Waals surface area contributed by atoms with Crippen LogP contribution in [0.4, 0.5) is 0 Å². The maximum absolute atomic E-state index is 12.6. The number of nitrogens with one attached hydrogen (secondary N) is 1. The quantitative estimate of drug-likeness (QED) is 0.821. The minimum Gasteiger partial charge on any atom is -0.392 e. The predicted molar refractivity (Wildman–Crippen MR) is 83.7 cm³/mol. The van der Waals surface area contributed by atoms with Gasteiger partial charge in [-0.1, -0.05) is 45.4 Å². The van der Waals surface area contributed by atoms with Gasteiger partial charge in [-0.25, -0.2) is 0 Å². The van der Waals surface area contributed by atoms with E-state index >= 15 is 0 Å². The average molecular weight is 293 g/mol. The standard InChI is InChI=1S/C18H31NO2/c1-12-15-10-6-5-7-13(15)11-16(17(12)20)18(21)19-14-8-3-2-4-9-14/h12-17,20H,2-11H2,1H3,(H,19,21). The van der Waals surface area contributed by atoms with Gasteiger partial charge in [-0.15, -0.1) is 0 Å². The summed E-state index contributed by atoms with van der Waals surface area (Å²) in [6, 6.07) is 0.359. The number of hydrogen-bond donors (Lipinski definition) is 2. The van der Waals surface area contributed by atoms with Crippen molar-refractivity contribution in [2.75, 3.05) is 0 Å². The van der Waals surface area contributed by atoms with Gasteiger partial charge in [0.05, 0.1) is 12.0 Å². The van der Waals surface area contributed by atoms with Crippen LogP contribution in [0.25, 0.3) is 0 Å². The molecule has 2 N–H and O–H groups in total. The third-order valence-electron chi connectivity index (χ3n) is 6.44. The van der Waals surface area contributed by atoms with Gasteiger partial charge in [0.15, 0.2) is 0 Å². The molecule has 5 atom stereocenters. The SMILES string of the molecule is CC1C(O)C(C(=O)NC2CCCCC2)CC2CCCCC21. The lowest BCUT2D eigenvalue weighted by Gasteiger charge is -2.46. The summed E-state index contributed by atoms with van der Waals surface area (Å²) in [7, 11) is 0. The van der Waals surface area contributed by atoms with Gasteiger partial charge in [0.2, 0.25) is 5.91 Å². The van der Waals surface area contributed by atoms with Crippen LogP contribution < -0.4 is 5.32 Å². The number of hydrogen-bond acceptors (Lipinski definition) is 2. The largest absolute Gasteiger partial charge is 0.392 e. The van der Waals surface area contributed by atoms with E-state index < -0.39 is 6.10 Å². The molecule has 120 valence electrons. The van der Waals surface area contributed by atoms with Crippen molar-refractivity contribution in [3.63, 3.8) is 0 Å². The van der Waals surface area contributed by atoms with E-state index in [1.54, 1.807) is 0 Å². The molecule has 3 aliphatic rings. The van der Waals surface area contributed by atoms with E-state index in [1.807, 2.05) is 0 Å². The topological polar surface area (TPSA) is 49.3 Å². The van der Waals surface area contributed by atoms with Gasteiger partial charge in [0.1, 0.15) is 0 Å². The molecule has 3 saturated carbocycles. The van der Waals surface area contributed by atoms with E-state index in [1.165, 1.54) is 44.9 Å². The van der Waals surface area contributed by atoms with Crippen molar-refractivity contribution in [3.05, 3.63) is 0 Å². The summed E-state index contributed by atoms with van der Waals surface area (Å²) >= 11 is 0. The number of carbonyl (C=O) groups excluding carboxylic acids is 1. The summed E-state index contributed by atoms with van der Waals surface area (Å²) in [5.41, 5.74) is 0. The molecule has 3 nitrogen and oxygen atoms in total. The Morgan fingerprint density at radius 2 is 1.67 bits per heavy atom. The molecule has 5 unspecified atom stereocenters. The molecule has 0 bridgehead atoms. The zero-order valence-electron chi connectivity index (χ0n) is 13.4. The number of rotatable bonds is 2. The molecule has 0 radical (unpaired) electrons. The summed E-state index contributed by atoms with van der Waals surface area (Å²) in [6.45, 7) is 2.16. The molecule has 0 aromatic carbocycles. The molecule has 3 fully saturated rings. The van der Waals surface area contributed by atoms with Crippen LogP contribution in [0.2, 0.25) is 0 Å². The number of fused-ring (bicyclic) bond motifs is 1. The molecule has 0 aromatic heterocycles. The van der Waals surface area contributed by atoms with Crippen LogP contribution in [-0.2, 0) is 4.79 Å². The third-order valence-corrected chi connectivity index (χ3v) is 6.44. The Morgan fingerprint density at radius 3 is 2.43 bits per heavy atom. The van der Waals surface area contributed by atoms with E-state index in [2.05, 4.69) is 12.2 Å². The highest BCUT2D eigenvalue weighted by atomic mass is 16.3. The summed E-state index contributed by atoms with van der Waals surface area (Å²) in [6.07, 6.45) is 11.6. The summed E-state index contributed by atoms with van der Waals surface area (Å²) in [5, 5.41) is 13.9. The van der Waals surface area contributed by atoms with Crippen molar-refractivity contribution in [3.8, 4) is 0 Å². The van der Waals surface area contributed by atoms with Crippen molar-refractivity contribution < 1.29 is 9.90 Å². The Morgan fingerprint density at radius 1 is 1.00 bits per heavy atom. The normalized spacial score (nSPS) is 41.3. The molecule has 0 aliphatic heterocycles. The molecule has 1 amide bonds. The first kappa shape index (κ1) is 15.3. The Hall–Kier alpha value is -0.570. The maximum Gasteiger partial charge on any atom is 0.225 e. The first-order valence-corrected chi connectivity index (χ1v) is 9.15. The highest BCUT2D eigenvalue weighted by Gasteiger charge is 2.45. The van der Waals surface area contributed by atoms with Crippen molar-refractivity contribution in [1.29, 1.82) is 0 Å². The second-order valence-electron chi connectivity index (χ2n) is 7.74. The number of carbonyl (C=O) groups is 1. The molecule has 3 heteroatoms.